The van der Waals surface area contributed by atoms with Crippen LogP contribution in [0, 0.1) is 16.0 Å². The van der Waals surface area contributed by atoms with Crippen molar-refractivity contribution in [1.29, 1.82) is 0 Å². The molecule has 27 heavy (non-hydrogen) atoms. The maximum absolute atomic E-state index is 12.0. The summed E-state index contributed by atoms with van der Waals surface area (Å²) in [7, 11) is 0. The van der Waals surface area contributed by atoms with E-state index in [1.54, 1.807) is 18.2 Å². The third-order valence-electron chi connectivity index (χ3n) is 3.99. The number of carboxylic acid groups (broad SMARTS) is 1. The van der Waals surface area contributed by atoms with Crippen LogP contribution in [0.4, 0.5) is 11.4 Å². The molecule has 0 aliphatic heterocycles. The highest BCUT2D eigenvalue weighted by atomic mass is 16.6. The Hall–Kier alpha value is -3.42. The Bertz CT molecular complexity index is 795. The van der Waals surface area contributed by atoms with Crippen LogP contribution in [0.15, 0.2) is 54.6 Å². The predicted molar refractivity (Wildman–Crippen MR) is 100 cm³/mol. The second kappa shape index (κ2) is 9.91. The Labute approximate surface area is 156 Å². The minimum atomic E-state index is -0.975. The lowest BCUT2D eigenvalue weighted by Crippen LogP contribution is -2.34. The van der Waals surface area contributed by atoms with Crippen molar-refractivity contribution in [2.75, 3.05) is 18.4 Å². The van der Waals surface area contributed by atoms with E-state index < -0.39 is 16.8 Å². The number of hydrogen-bond donors (Lipinski definition) is 3. The number of aliphatic carboxylic acids is 1. The average Bonchev–Trinajstić information content (AvgIpc) is 2.66. The molecule has 0 saturated carbocycles. The molecule has 0 radical (unpaired) electrons. The molecule has 142 valence electrons. The van der Waals surface area contributed by atoms with E-state index in [2.05, 4.69) is 10.6 Å². The molecule has 0 spiro atoms. The summed E-state index contributed by atoms with van der Waals surface area (Å²) >= 11 is 0. The molecular formula is C19H21N3O5. The van der Waals surface area contributed by atoms with E-state index in [-0.39, 0.29) is 31.1 Å². The molecule has 8 heteroatoms. The lowest BCUT2D eigenvalue weighted by atomic mass is 9.99. The molecule has 1 unspecified atom stereocenters. The number of rotatable bonds is 10. The van der Waals surface area contributed by atoms with Crippen molar-refractivity contribution in [3.8, 4) is 0 Å². The van der Waals surface area contributed by atoms with Crippen LogP contribution in [0.2, 0.25) is 0 Å². The fourth-order valence-corrected chi connectivity index (χ4v) is 2.56. The average molecular weight is 371 g/mol. The van der Waals surface area contributed by atoms with Crippen molar-refractivity contribution in [1.82, 2.24) is 5.32 Å². The van der Waals surface area contributed by atoms with Crippen LogP contribution >= 0.6 is 0 Å². The Balaban J connectivity index is 1.79. The molecule has 2 rings (SSSR count). The number of carbonyl (C=O) groups is 2. The number of nitrogens with one attached hydrogen (secondary N) is 2. The number of anilines is 1. The first-order valence-electron chi connectivity index (χ1n) is 8.48. The first kappa shape index (κ1) is 19.9. The Morgan fingerprint density at radius 3 is 2.41 bits per heavy atom. The molecular weight excluding hydrogens is 350 g/mol. The van der Waals surface area contributed by atoms with E-state index in [0.29, 0.717) is 12.1 Å². The summed E-state index contributed by atoms with van der Waals surface area (Å²) in [6, 6.07) is 15.4. The summed E-state index contributed by atoms with van der Waals surface area (Å²) in [5.74, 6) is -2.02. The van der Waals surface area contributed by atoms with Gasteiger partial charge in [0.05, 0.1) is 10.8 Å². The zero-order chi connectivity index (χ0) is 19.6. The molecule has 3 N–H and O–H groups in total. The van der Waals surface area contributed by atoms with Gasteiger partial charge < -0.3 is 15.7 Å². The summed E-state index contributed by atoms with van der Waals surface area (Å²) in [5, 5.41) is 25.7. The minimum absolute atomic E-state index is 0.0224. The molecule has 0 aliphatic rings. The lowest BCUT2D eigenvalue weighted by Gasteiger charge is -2.14. The van der Waals surface area contributed by atoms with Crippen molar-refractivity contribution < 1.29 is 19.6 Å². The number of nitro benzene ring substituents is 1. The third kappa shape index (κ3) is 6.43. The first-order chi connectivity index (χ1) is 13.0. The molecule has 0 aromatic heterocycles. The minimum Gasteiger partial charge on any atom is -0.481 e. The molecule has 0 saturated heterocycles. The van der Waals surface area contributed by atoms with Gasteiger partial charge in [-0.15, -0.1) is 0 Å². The fraction of sp³-hybridized carbons (Fsp3) is 0.263. The van der Waals surface area contributed by atoms with Gasteiger partial charge in [-0.05, 0) is 18.1 Å². The lowest BCUT2D eigenvalue weighted by molar-refractivity contribution is -0.384. The number of nitro groups is 1. The molecule has 2 aromatic rings. The SMILES string of the molecule is O=C(CCNc1ccccc1[N+](=O)[O-])NCC(Cc1ccccc1)C(=O)O. The highest BCUT2D eigenvalue weighted by Crippen LogP contribution is 2.22. The molecule has 1 amide bonds. The van der Waals surface area contributed by atoms with E-state index in [9.17, 15) is 24.8 Å². The topological polar surface area (TPSA) is 122 Å². The van der Waals surface area contributed by atoms with Gasteiger partial charge in [-0.25, -0.2) is 0 Å². The van der Waals surface area contributed by atoms with Gasteiger partial charge in [0.2, 0.25) is 5.91 Å². The van der Waals surface area contributed by atoms with Crippen LogP contribution in [-0.2, 0) is 16.0 Å². The van der Waals surface area contributed by atoms with Crippen molar-refractivity contribution >= 4 is 23.3 Å². The quantitative estimate of drug-likeness (QED) is 0.436. The highest BCUT2D eigenvalue weighted by Gasteiger charge is 2.19. The second-order valence-corrected chi connectivity index (χ2v) is 5.98. The van der Waals surface area contributed by atoms with Gasteiger partial charge in [-0.3, -0.25) is 19.7 Å². The van der Waals surface area contributed by atoms with Crippen LogP contribution in [0.1, 0.15) is 12.0 Å². The molecule has 0 aliphatic carbocycles. The standard InChI is InChI=1S/C19H21N3O5/c23-18(10-11-20-16-8-4-5-9-17(16)22(26)27)21-13-15(19(24)25)12-14-6-2-1-3-7-14/h1-9,15,20H,10-13H2,(H,21,23)(H,24,25). The molecule has 0 bridgehead atoms. The maximum atomic E-state index is 12.0. The number of amides is 1. The summed E-state index contributed by atoms with van der Waals surface area (Å²) in [5.41, 5.74) is 1.16. The van der Waals surface area contributed by atoms with E-state index in [0.717, 1.165) is 5.56 Å². The number of benzene rings is 2. The summed E-state index contributed by atoms with van der Waals surface area (Å²) in [6.07, 6.45) is 0.397. The number of hydrogen-bond acceptors (Lipinski definition) is 5. The van der Waals surface area contributed by atoms with Crippen molar-refractivity contribution in [3.05, 3.63) is 70.3 Å². The largest absolute Gasteiger partial charge is 0.481 e. The van der Waals surface area contributed by atoms with Gasteiger partial charge >= 0.3 is 5.97 Å². The van der Waals surface area contributed by atoms with Crippen LogP contribution in [-0.4, -0.2) is 35.0 Å². The Kier molecular flexibility index (Phi) is 7.30. The van der Waals surface area contributed by atoms with E-state index in [1.165, 1.54) is 6.07 Å². The smallest absolute Gasteiger partial charge is 0.308 e. The van der Waals surface area contributed by atoms with Crippen LogP contribution in [0.25, 0.3) is 0 Å². The van der Waals surface area contributed by atoms with Crippen molar-refractivity contribution in [3.63, 3.8) is 0 Å². The zero-order valence-corrected chi connectivity index (χ0v) is 14.6. The van der Waals surface area contributed by atoms with Crippen LogP contribution < -0.4 is 10.6 Å². The Morgan fingerprint density at radius 2 is 1.74 bits per heavy atom. The molecule has 2 aromatic carbocycles. The maximum Gasteiger partial charge on any atom is 0.308 e. The predicted octanol–water partition coefficient (Wildman–Crippen LogP) is 2.46. The molecule has 1 atom stereocenters. The summed E-state index contributed by atoms with van der Waals surface area (Å²) in [4.78, 5) is 33.8. The molecule has 0 fully saturated rings. The van der Waals surface area contributed by atoms with Gasteiger partial charge in [0, 0.05) is 25.6 Å². The number of carboxylic acids is 1. The van der Waals surface area contributed by atoms with Gasteiger partial charge in [-0.2, -0.15) is 0 Å². The van der Waals surface area contributed by atoms with Gasteiger partial charge in [0.15, 0.2) is 0 Å². The van der Waals surface area contributed by atoms with Gasteiger partial charge in [-0.1, -0.05) is 42.5 Å². The van der Waals surface area contributed by atoms with Crippen LogP contribution in [0.5, 0.6) is 0 Å². The van der Waals surface area contributed by atoms with E-state index >= 15 is 0 Å². The fourth-order valence-electron chi connectivity index (χ4n) is 2.56. The third-order valence-corrected chi connectivity index (χ3v) is 3.99. The second-order valence-electron chi connectivity index (χ2n) is 5.98. The number of carbonyl (C=O) groups excluding carboxylic acids is 1. The monoisotopic (exact) mass is 371 g/mol. The highest BCUT2D eigenvalue weighted by molar-refractivity contribution is 5.78. The van der Waals surface area contributed by atoms with Crippen molar-refractivity contribution in [2.45, 2.75) is 12.8 Å². The van der Waals surface area contributed by atoms with Crippen LogP contribution in [0.3, 0.4) is 0 Å². The summed E-state index contributed by atoms with van der Waals surface area (Å²) in [6.45, 7) is 0.224. The molecule has 8 nitrogen and oxygen atoms in total. The van der Waals surface area contributed by atoms with E-state index in [4.69, 9.17) is 0 Å². The zero-order valence-electron chi connectivity index (χ0n) is 14.6. The van der Waals surface area contributed by atoms with Gasteiger partial charge in [0.1, 0.15) is 5.69 Å². The van der Waals surface area contributed by atoms with E-state index in [1.807, 2.05) is 30.3 Å². The van der Waals surface area contributed by atoms with Gasteiger partial charge in [0.25, 0.3) is 5.69 Å². The molecule has 0 heterocycles. The first-order valence-corrected chi connectivity index (χ1v) is 8.48. The number of nitrogens with zero attached hydrogens (tertiary/aromatic N) is 1. The normalized spacial score (nSPS) is 11.4. The Morgan fingerprint density at radius 1 is 1.07 bits per heavy atom. The summed E-state index contributed by atoms with van der Waals surface area (Å²) < 4.78 is 0. The number of para-hydroxylation sites is 2. The van der Waals surface area contributed by atoms with Crippen molar-refractivity contribution in [2.24, 2.45) is 5.92 Å².